The van der Waals surface area contributed by atoms with Gasteiger partial charge in [-0.25, -0.2) is 13.4 Å². The van der Waals surface area contributed by atoms with Crippen molar-refractivity contribution >= 4 is 27.4 Å². The molecule has 1 saturated heterocycles. The van der Waals surface area contributed by atoms with Crippen LogP contribution < -0.4 is 5.32 Å². The molecule has 4 rings (SSSR count). The summed E-state index contributed by atoms with van der Waals surface area (Å²) in [6.07, 6.45) is 4.40. The van der Waals surface area contributed by atoms with Crippen molar-refractivity contribution in [3.05, 3.63) is 53.9 Å². The van der Waals surface area contributed by atoms with Crippen LogP contribution in [0.4, 0.5) is 0 Å². The van der Waals surface area contributed by atoms with E-state index in [4.69, 9.17) is 0 Å². The molecule has 10 heteroatoms. The minimum atomic E-state index is -3.14. The zero-order valence-corrected chi connectivity index (χ0v) is 17.2. The van der Waals surface area contributed by atoms with Gasteiger partial charge in [0, 0.05) is 31.8 Å². The minimum Gasteiger partial charge on any atom is -0.347 e. The molecule has 158 valence electrons. The Morgan fingerprint density at radius 2 is 1.93 bits per heavy atom. The summed E-state index contributed by atoms with van der Waals surface area (Å²) in [6.45, 7) is 1.02. The Hall–Kier alpha value is -3.01. The van der Waals surface area contributed by atoms with Crippen LogP contribution in [0, 0.1) is 0 Å². The van der Waals surface area contributed by atoms with Crippen LogP contribution in [-0.2, 0) is 32.5 Å². The fraction of sp³-hybridized carbons (Fsp3) is 0.400. The van der Waals surface area contributed by atoms with Gasteiger partial charge in [0.05, 0.1) is 24.1 Å². The quantitative estimate of drug-likeness (QED) is 0.727. The van der Waals surface area contributed by atoms with Gasteiger partial charge in [-0.05, 0) is 23.6 Å². The first-order chi connectivity index (χ1) is 14.4. The number of nitrogens with one attached hydrogen (secondary N) is 1. The molecule has 0 radical (unpaired) electrons. The van der Waals surface area contributed by atoms with Crippen molar-refractivity contribution in [1.29, 1.82) is 0 Å². The van der Waals surface area contributed by atoms with Crippen LogP contribution in [0.3, 0.4) is 0 Å². The molecule has 1 atom stereocenters. The summed E-state index contributed by atoms with van der Waals surface area (Å²) in [5, 5.41) is 12.4. The summed E-state index contributed by atoms with van der Waals surface area (Å²) in [4.78, 5) is 24.7. The molecular formula is C20H23N5O4S. The second kappa shape index (κ2) is 8.39. The van der Waals surface area contributed by atoms with Crippen molar-refractivity contribution in [2.75, 3.05) is 11.5 Å². The first-order valence-electron chi connectivity index (χ1n) is 9.83. The molecule has 1 aromatic heterocycles. The average molecular weight is 430 g/mol. The Morgan fingerprint density at radius 1 is 1.17 bits per heavy atom. The standard InChI is InChI=1S/C20H23N5O4S/c26-19-7-6-18(23-25(19)17-8-11-30(28,29)14-17)20(27)21-12-15-2-4-16(5-3-15)13-24-10-1-9-22-24/h1-5,9-10,17H,6-8,11-14H2,(H,21,27)/t17-/m1/s1. The third kappa shape index (κ3) is 4.76. The Balaban J connectivity index is 1.35. The molecule has 0 bridgehead atoms. The maximum absolute atomic E-state index is 12.5. The van der Waals surface area contributed by atoms with E-state index in [9.17, 15) is 18.0 Å². The van der Waals surface area contributed by atoms with E-state index in [-0.39, 0.29) is 41.9 Å². The second-order valence-corrected chi connectivity index (χ2v) is 9.77. The smallest absolute Gasteiger partial charge is 0.267 e. The lowest BCUT2D eigenvalue weighted by atomic mass is 10.1. The molecule has 1 aromatic carbocycles. The number of hydrazone groups is 1. The van der Waals surface area contributed by atoms with Crippen molar-refractivity contribution in [1.82, 2.24) is 20.1 Å². The molecular weight excluding hydrogens is 406 g/mol. The molecule has 0 spiro atoms. The van der Waals surface area contributed by atoms with Crippen LogP contribution in [-0.4, -0.2) is 58.3 Å². The predicted octanol–water partition coefficient (Wildman–Crippen LogP) is 0.713. The molecule has 2 amide bonds. The Morgan fingerprint density at radius 3 is 2.60 bits per heavy atom. The summed E-state index contributed by atoms with van der Waals surface area (Å²) in [6, 6.07) is 9.26. The lowest BCUT2D eigenvalue weighted by Crippen LogP contribution is -2.43. The first kappa shape index (κ1) is 20.3. The number of sulfone groups is 1. The van der Waals surface area contributed by atoms with Gasteiger partial charge in [-0.2, -0.15) is 10.2 Å². The molecule has 0 saturated carbocycles. The topological polar surface area (TPSA) is 114 Å². The Labute approximate surface area is 174 Å². The Kier molecular flexibility index (Phi) is 5.67. The SMILES string of the molecule is O=C(NCc1ccc(Cn2cccn2)cc1)C1=NN([C@@H]2CCS(=O)(=O)C2)C(=O)CC1. The maximum atomic E-state index is 12.5. The monoisotopic (exact) mass is 429 g/mol. The van der Waals surface area contributed by atoms with Gasteiger partial charge in [0.1, 0.15) is 5.71 Å². The van der Waals surface area contributed by atoms with Crippen LogP contribution in [0.15, 0.2) is 47.8 Å². The van der Waals surface area contributed by atoms with Gasteiger partial charge < -0.3 is 5.32 Å². The van der Waals surface area contributed by atoms with E-state index in [2.05, 4.69) is 15.5 Å². The summed E-state index contributed by atoms with van der Waals surface area (Å²) >= 11 is 0. The van der Waals surface area contributed by atoms with Crippen molar-refractivity contribution in [3.63, 3.8) is 0 Å². The van der Waals surface area contributed by atoms with E-state index in [0.717, 1.165) is 11.1 Å². The number of nitrogens with zero attached hydrogens (tertiary/aromatic N) is 4. The number of rotatable bonds is 6. The zero-order chi connectivity index (χ0) is 21.1. The summed E-state index contributed by atoms with van der Waals surface area (Å²) in [5.74, 6) is -0.618. The van der Waals surface area contributed by atoms with E-state index in [1.165, 1.54) is 5.01 Å². The van der Waals surface area contributed by atoms with Gasteiger partial charge in [0.25, 0.3) is 5.91 Å². The normalized spacial score (nSPS) is 20.8. The average Bonchev–Trinajstić information content (AvgIpc) is 3.36. The van der Waals surface area contributed by atoms with Crippen molar-refractivity contribution < 1.29 is 18.0 Å². The maximum Gasteiger partial charge on any atom is 0.267 e. The minimum absolute atomic E-state index is 0.0505. The van der Waals surface area contributed by atoms with Gasteiger partial charge in [-0.15, -0.1) is 0 Å². The molecule has 2 aliphatic heterocycles. The number of benzene rings is 1. The highest BCUT2D eigenvalue weighted by Gasteiger charge is 2.37. The number of amides is 2. The van der Waals surface area contributed by atoms with Gasteiger partial charge in [0.2, 0.25) is 5.91 Å². The van der Waals surface area contributed by atoms with Gasteiger partial charge >= 0.3 is 0 Å². The highest BCUT2D eigenvalue weighted by molar-refractivity contribution is 7.91. The lowest BCUT2D eigenvalue weighted by Gasteiger charge is -2.27. The third-order valence-corrected chi connectivity index (χ3v) is 7.01. The van der Waals surface area contributed by atoms with Crippen molar-refractivity contribution in [3.8, 4) is 0 Å². The summed E-state index contributed by atoms with van der Waals surface area (Å²) < 4.78 is 25.2. The van der Waals surface area contributed by atoms with Crippen LogP contribution in [0.1, 0.15) is 30.4 Å². The van der Waals surface area contributed by atoms with E-state index in [0.29, 0.717) is 19.5 Å². The molecule has 30 heavy (non-hydrogen) atoms. The fourth-order valence-electron chi connectivity index (χ4n) is 3.62. The van der Waals surface area contributed by atoms with Gasteiger partial charge in [-0.3, -0.25) is 14.3 Å². The van der Waals surface area contributed by atoms with Crippen molar-refractivity contribution in [2.24, 2.45) is 5.10 Å². The van der Waals surface area contributed by atoms with E-state index >= 15 is 0 Å². The number of hydrogen-bond donors (Lipinski definition) is 1. The number of hydrogen-bond acceptors (Lipinski definition) is 6. The van der Waals surface area contributed by atoms with Gasteiger partial charge in [0.15, 0.2) is 9.84 Å². The molecule has 0 aliphatic carbocycles. The predicted molar refractivity (Wildman–Crippen MR) is 110 cm³/mol. The zero-order valence-electron chi connectivity index (χ0n) is 16.4. The number of aromatic nitrogens is 2. The summed E-state index contributed by atoms with van der Waals surface area (Å²) in [5.41, 5.74) is 2.30. The van der Waals surface area contributed by atoms with E-state index in [1.54, 1.807) is 6.20 Å². The Bertz CT molecular complexity index is 1060. The third-order valence-electron chi connectivity index (χ3n) is 5.26. The van der Waals surface area contributed by atoms with E-state index in [1.807, 2.05) is 41.2 Å². The van der Waals surface area contributed by atoms with Crippen LogP contribution >= 0.6 is 0 Å². The molecule has 2 aliphatic rings. The fourth-order valence-corrected chi connectivity index (χ4v) is 5.31. The lowest BCUT2D eigenvalue weighted by molar-refractivity contribution is -0.133. The highest BCUT2D eigenvalue weighted by atomic mass is 32.2. The molecule has 2 aromatic rings. The molecule has 0 unspecified atom stereocenters. The largest absolute Gasteiger partial charge is 0.347 e. The van der Waals surface area contributed by atoms with Crippen LogP contribution in [0.5, 0.6) is 0 Å². The molecule has 3 heterocycles. The van der Waals surface area contributed by atoms with Gasteiger partial charge in [-0.1, -0.05) is 24.3 Å². The van der Waals surface area contributed by atoms with E-state index < -0.39 is 15.9 Å². The van der Waals surface area contributed by atoms with Crippen LogP contribution in [0.25, 0.3) is 0 Å². The molecule has 1 N–H and O–H groups in total. The number of carbonyl (C=O) groups excluding carboxylic acids is 2. The highest BCUT2D eigenvalue weighted by Crippen LogP contribution is 2.22. The van der Waals surface area contributed by atoms with Crippen LogP contribution in [0.2, 0.25) is 0 Å². The van der Waals surface area contributed by atoms with Crippen molar-refractivity contribution in [2.45, 2.75) is 38.4 Å². The number of carbonyl (C=O) groups is 2. The second-order valence-electron chi connectivity index (χ2n) is 7.54. The molecule has 9 nitrogen and oxygen atoms in total. The molecule has 1 fully saturated rings. The summed E-state index contributed by atoms with van der Waals surface area (Å²) in [7, 11) is -3.14. The first-order valence-corrected chi connectivity index (χ1v) is 11.7.